The smallest absolute Gasteiger partial charge is 0.320 e. The van der Waals surface area contributed by atoms with Crippen LogP contribution in [0.5, 0.6) is 11.5 Å². The molecule has 0 bridgehead atoms. The van der Waals surface area contributed by atoms with E-state index in [1.54, 1.807) is 14.2 Å². The zero-order valence-corrected chi connectivity index (χ0v) is 16.4. The van der Waals surface area contributed by atoms with Crippen molar-refractivity contribution in [2.75, 3.05) is 20.8 Å². The van der Waals surface area contributed by atoms with Crippen molar-refractivity contribution < 1.29 is 19.4 Å². The molecule has 0 amide bonds. The number of likely N-dealkylation sites (tertiary alicyclic amines) is 1. The molecule has 0 spiro atoms. The summed E-state index contributed by atoms with van der Waals surface area (Å²) in [5.74, 6) is 0.576. The Balaban J connectivity index is 2.21. The fraction of sp³-hybridized carbons (Fsp3) is 0.350. The van der Waals surface area contributed by atoms with E-state index in [9.17, 15) is 9.90 Å². The maximum absolute atomic E-state index is 11.8. The highest BCUT2D eigenvalue weighted by Gasteiger charge is 2.39. The maximum atomic E-state index is 11.8. The molecule has 2 aromatic rings. The van der Waals surface area contributed by atoms with Crippen LogP contribution in [0.25, 0.3) is 0 Å². The molecule has 2 atom stereocenters. The van der Waals surface area contributed by atoms with Crippen LogP contribution >= 0.6 is 15.9 Å². The second-order valence-corrected chi connectivity index (χ2v) is 7.18. The van der Waals surface area contributed by atoms with Crippen molar-refractivity contribution >= 4 is 21.9 Å². The fourth-order valence-corrected chi connectivity index (χ4v) is 4.13. The van der Waals surface area contributed by atoms with E-state index in [1.165, 1.54) is 0 Å². The van der Waals surface area contributed by atoms with Crippen LogP contribution in [0.3, 0.4) is 0 Å². The Labute approximate surface area is 161 Å². The summed E-state index contributed by atoms with van der Waals surface area (Å²) in [5, 5.41) is 9.72. The number of hydrogen-bond acceptors (Lipinski definition) is 4. The summed E-state index contributed by atoms with van der Waals surface area (Å²) >= 11 is 3.53. The van der Waals surface area contributed by atoms with Gasteiger partial charge in [0.25, 0.3) is 0 Å². The van der Waals surface area contributed by atoms with Crippen molar-refractivity contribution in [2.24, 2.45) is 0 Å². The van der Waals surface area contributed by atoms with E-state index in [1.807, 2.05) is 47.4 Å². The second kappa shape index (κ2) is 8.10. The number of benzene rings is 2. The Morgan fingerprint density at radius 1 is 1.19 bits per heavy atom. The standard InChI is InChI=1S/C20H22BrNO4/c1-25-16-9-4-10-17(26-2)18(16)19(13-6-3-7-14(21)12-13)22-11-5-8-15(22)20(23)24/h3-4,6-7,9-10,12,15,19H,5,8,11H2,1-2H3,(H,23,24). The van der Waals surface area contributed by atoms with Crippen molar-refractivity contribution in [3.63, 3.8) is 0 Å². The highest BCUT2D eigenvalue weighted by Crippen LogP contribution is 2.43. The summed E-state index contributed by atoms with van der Waals surface area (Å²) in [6, 6.07) is 12.8. The normalized spacial score (nSPS) is 18.5. The average molecular weight is 420 g/mol. The summed E-state index contributed by atoms with van der Waals surface area (Å²) in [4.78, 5) is 13.9. The number of methoxy groups -OCH3 is 2. The van der Waals surface area contributed by atoms with Crippen LogP contribution in [0.2, 0.25) is 0 Å². The van der Waals surface area contributed by atoms with Gasteiger partial charge >= 0.3 is 5.97 Å². The fourth-order valence-electron chi connectivity index (χ4n) is 3.71. The minimum Gasteiger partial charge on any atom is -0.496 e. The van der Waals surface area contributed by atoms with Gasteiger partial charge in [-0.25, -0.2) is 0 Å². The highest BCUT2D eigenvalue weighted by molar-refractivity contribution is 9.10. The topological polar surface area (TPSA) is 59.0 Å². The van der Waals surface area contributed by atoms with Gasteiger partial charge in [-0.15, -0.1) is 0 Å². The number of ether oxygens (including phenoxy) is 2. The molecule has 5 nitrogen and oxygen atoms in total. The summed E-state index contributed by atoms with van der Waals surface area (Å²) in [7, 11) is 3.24. The van der Waals surface area contributed by atoms with E-state index in [4.69, 9.17) is 9.47 Å². The van der Waals surface area contributed by atoms with Crippen LogP contribution in [-0.4, -0.2) is 42.8 Å². The van der Waals surface area contributed by atoms with Gasteiger partial charge in [0.2, 0.25) is 0 Å². The lowest BCUT2D eigenvalue weighted by molar-refractivity contribution is -0.142. The van der Waals surface area contributed by atoms with E-state index >= 15 is 0 Å². The molecule has 1 fully saturated rings. The predicted octanol–water partition coefficient (Wildman–Crippen LogP) is 4.10. The highest BCUT2D eigenvalue weighted by atomic mass is 79.9. The predicted molar refractivity (Wildman–Crippen MR) is 103 cm³/mol. The van der Waals surface area contributed by atoms with E-state index in [-0.39, 0.29) is 6.04 Å². The van der Waals surface area contributed by atoms with Crippen molar-refractivity contribution in [3.8, 4) is 11.5 Å². The van der Waals surface area contributed by atoms with E-state index in [0.29, 0.717) is 24.5 Å². The summed E-state index contributed by atoms with van der Waals surface area (Å²) in [6.07, 6.45) is 1.48. The van der Waals surface area contributed by atoms with Gasteiger partial charge in [-0.3, -0.25) is 9.69 Å². The molecule has 2 aromatic carbocycles. The molecule has 0 radical (unpaired) electrons. The molecule has 0 saturated carbocycles. The van der Waals surface area contributed by atoms with Gasteiger partial charge in [0.15, 0.2) is 0 Å². The third kappa shape index (κ3) is 3.57. The first kappa shape index (κ1) is 18.7. The number of aliphatic carboxylic acids is 1. The second-order valence-electron chi connectivity index (χ2n) is 6.27. The number of carboxylic acids is 1. The molecule has 1 aliphatic heterocycles. The Bertz CT molecular complexity index is 773. The summed E-state index contributed by atoms with van der Waals surface area (Å²) in [5.41, 5.74) is 1.85. The number of hydrogen-bond donors (Lipinski definition) is 1. The number of nitrogens with zero attached hydrogens (tertiary/aromatic N) is 1. The Hall–Kier alpha value is -2.05. The molecule has 0 aliphatic carbocycles. The SMILES string of the molecule is COc1cccc(OC)c1C(c1cccc(Br)c1)N1CCCC1C(=O)O. The molecular formula is C20H22BrNO4. The van der Waals surface area contributed by atoms with Crippen molar-refractivity contribution in [2.45, 2.75) is 24.9 Å². The molecule has 1 heterocycles. The lowest BCUT2D eigenvalue weighted by Crippen LogP contribution is -2.39. The molecule has 1 aliphatic rings. The molecule has 138 valence electrons. The van der Waals surface area contributed by atoms with E-state index in [0.717, 1.165) is 22.0 Å². The van der Waals surface area contributed by atoms with Crippen LogP contribution in [0.1, 0.15) is 30.0 Å². The van der Waals surface area contributed by atoms with Crippen LogP contribution in [0.15, 0.2) is 46.9 Å². The zero-order valence-electron chi connectivity index (χ0n) is 14.8. The Morgan fingerprint density at radius 3 is 2.42 bits per heavy atom. The maximum Gasteiger partial charge on any atom is 0.320 e. The van der Waals surface area contributed by atoms with Crippen LogP contribution < -0.4 is 9.47 Å². The van der Waals surface area contributed by atoms with E-state index in [2.05, 4.69) is 15.9 Å². The zero-order chi connectivity index (χ0) is 18.7. The molecule has 26 heavy (non-hydrogen) atoms. The van der Waals surface area contributed by atoms with Gasteiger partial charge in [-0.2, -0.15) is 0 Å². The molecule has 1 N–H and O–H groups in total. The number of carbonyl (C=O) groups is 1. The van der Waals surface area contributed by atoms with Gasteiger partial charge < -0.3 is 14.6 Å². The average Bonchev–Trinajstić information content (AvgIpc) is 3.12. The van der Waals surface area contributed by atoms with Crippen molar-refractivity contribution in [3.05, 3.63) is 58.1 Å². The first-order valence-corrected chi connectivity index (χ1v) is 9.31. The van der Waals surface area contributed by atoms with Crippen LogP contribution in [-0.2, 0) is 4.79 Å². The molecule has 6 heteroatoms. The van der Waals surface area contributed by atoms with Crippen molar-refractivity contribution in [1.29, 1.82) is 0 Å². The Morgan fingerprint density at radius 2 is 1.85 bits per heavy atom. The minimum atomic E-state index is -0.795. The summed E-state index contributed by atoms with van der Waals surface area (Å²) in [6.45, 7) is 0.704. The van der Waals surface area contributed by atoms with Gasteiger partial charge in [0.05, 0.1) is 25.8 Å². The minimum absolute atomic E-state index is 0.276. The van der Waals surface area contributed by atoms with Gasteiger partial charge in [0, 0.05) is 11.0 Å². The number of rotatable bonds is 6. The molecule has 1 saturated heterocycles. The van der Waals surface area contributed by atoms with Crippen LogP contribution in [0.4, 0.5) is 0 Å². The third-order valence-electron chi connectivity index (χ3n) is 4.81. The van der Waals surface area contributed by atoms with Crippen LogP contribution in [0, 0.1) is 0 Å². The number of carboxylic acid groups (broad SMARTS) is 1. The Kier molecular flexibility index (Phi) is 5.84. The molecule has 3 rings (SSSR count). The van der Waals surface area contributed by atoms with Gasteiger partial charge in [-0.1, -0.05) is 34.1 Å². The quantitative estimate of drug-likeness (QED) is 0.763. The lowest BCUT2D eigenvalue weighted by atomic mass is 9.94. The molecular weight excluding hydrogens is 398 g/mol. The lowest BCUT2D eigenvalue weighted by Gasteiger charge is -2.33. The largest absolute Gasteiger partial charge is 0.496 e. The van der Waals surface area contributed by atoms with E-state index < -0.39 is 12.0 Å². The third-order valence-corrected chi connectivity index (χ3v) is 5.31. The number of halogens is 1. The first-order valence-electron chi connectivity index (χ1n) is 8.51. The first-order chi connectivity index (χ1) is 12.6. The van der Waals surface area contributed by atoms with Gasteiger partial charge in [0.1, 0.15) is 17.5 Å². The van der Waals surface area contributed by atoms with Gasteiger partial charge in [-0.05, 0) is 42.7 Å². The molecule has 2 unspecified atom stereocenters. The van der Waals surface area contributed by atoms with Crippen molar-refractivity contribution in [1.82, 2.24) is 4.90 Å². The monoisotopic (exact) mass is 419 g/mol. The molecule has 0 aromatic heterocycles. The summed E-state index contributed by atoms with van der Waals surface area (Å²) < 4.78 is 12.2.